The monoisotopic (exact) mass is 655 g/mol. The van der Waals surface area contributed by atoms with Crippen LogP contribution < -0.4 is 4.90 Å². The molecule has 0 fully saturated rings. The predicted octanol–water partition coefficient (Wildman–Crippen LogP) is 6.57. The maximum absolute atomic E-state index is 10.0. The standard InChI is InChI=1S/C15H10N.C10H10N2.C5H8O2.Ir/c1-2-7-13(8-3-1)15-14-9-5-4-6-12(14)10-11-16-15;1-11-7-8-12(9-11)10-5-3-2-4-6-10;1-4(6)3-5(2)7;/h1-7,9-11H;2-5,7-9H,1H3;3,6H,1-2H3;/q-1;-2;;+3/b;;4-3-;. The number of anilines is 1. The van der Waals surface area contributed by atoms with Gasteiger partial charge in [0.1, 0.15) is 0 Å². The molecule has 0 atom stereocenters. The third-order valence-electron chi connectivity index (χ3n) is 4.79. The molecule has 0 unspecified atom stereocenters. The summed E-state index contributed by atoms with van der Waals surface area (Å²) in [4.78, 5) is 18.5. The second kappa shape index (κ2) is 14.6. The van der Waals surface area contributed by atoms with Gasteiger partial charge in [0.25, 0.3) is 0 Å². The van der Waals surface area contributed by atoms with Crippen LogP contribution in [-0.4, -0.2) is 27.8 Å². The molecule has 1 aromatic heterocycles. The van der Waals surface area contributed by atoms with Crippen LogP contribution in [0.25, 0.3) is 22.0 Å². The maximum Gasteiger partial charge on any atom is 3.00 e. The summed E-state index contributed by atoms with van der Waals surface area (Å²) in [7, 11) is 2.00. The minimum atomic E-state index is -0.125. The summed E-state index contributed by atoms with van der Waals surface area (Å²) in [5.41, 5.74) is 3.11. The van der Waals surface area contributed by atoms with Gasteiger partial charge in [0, 0.05) is 12.3 Å². The third kappa shape index (κ3) is 8.80. The van der Waals surface area contributed by atoms with E-state index in [1.165, 1.54) is 30.7 Å². The number of ketones is 1. The van der Waals surface area contributed by atoms with Crippen molar-refractivity contribution in [2.75, 3.05) is 11.9 Å². The fourth-order valence-electron chi connectivity index (χ4n) is 3.31. The molecule has 3 aromatic carbocycles. The van der Waals surface area contributed by atoms with E-state index < -0.39 is 0 Å². The SMILES string of the molecule is CC(=O)/C=C(/C)O.CN1C=CN(c2[c-]cccc2)[CH-]1.[Ir+3].[c-]1ccccc1-c1nccc2ccccc12. The number of pyridine rings is 1. The number of hydrogen-bond donors (Lipinski definition) is 1. The van der Waals surface area contributed by atoms with E-state index in [2.05, 4.69) is 29.2 Å². The maximum atomic E-state index is 10.0. The second-order valence-electron chi connectivity index (χ2n) is 7.79. The number of nitrogens with zero attached hydrogens (tertiary/aromatic N) is 3. The van der Waals surface area contributed by atoms with Crippen molar-refractivity contribution in [3.63, 3.8) is 0 Å². The van der Waals surface area contributed by atoms with Crippen molar-refractivity contribution >= 4 is 22.2 Å². The molecular formula is C30H28IrN3O2. The number of allylic oxidation sites excluding steroid dienone is 2. The Kier molecular flexibility index (Phi) is 11.6. The van der Waals surface area contributed by atoms with Crippen molar-refractivity contribution in [2.24, 2.45) is 0 Å². The molecule has 5 rings (SSSR count). The van der Waals surface area contributed by atoms with Gasteiger partial charge in [-0.2, -0.15) is 37.0 Å². The zero-order valence-electron chi connectivity index (χ0n) is 20.4. The minimum Gasteiger partial charge on any atom is -0.512 e. The summed E-state index contributed by atoms with van der Waals surface area (Å²) in [5.74, 6) is -0.0625. The van der Waals surface area contributed by atoms with Crippen molar-refractivity contribution in [1.29, 1.82) is 0 Å². The largest absolute Gasteiger partial charge is 3.00 e. The summed E-state index contributed by atoms with van der Waals surface area (Å²) in [6.45, 7) is 4.85. The summed E-state index contributed by atoms with van der Waals surface area (Å²) in [6.07, 6.45) is 7.02. The Bertz CT molecular complexity index is 1280. The van der Waals surface area contributed by atoms with Crippen molar-refractivity contribution in [1.82, 2.24) is 9.88 Å². The quantitative estimate of drug-likeness (QED) is 0.154. The van der Waals surface area contributed by atoms with E-state index in [-0.39, 0.29) is 31.6 Å². The normalized spacial score (nSPS) is 12.1. The first kappa shape index (κ1) is 28.5. The van der Waals surface area contributed by atoms with Crippen LogP contribution in [0.2, 0.25) is 0 Å². The van der Waals surface area contributed by atoms with Gasteiger partial charge in [0.2, 0.25) is 0 Å². The Morgan fingerprint density at radius 2 is 1.64 bits per heavy atom. The number of aromatic nitrogens is 1. The van der Waals surface area contributed by atoms with Gasteiger partial charge < -0.3 is 19.9 Å². The number of fused-ring (bicyclic) bond motifs is 1. The molecule has 2 heterocycles. The Hall–Kier alpha value is -3.73. The average Bonchev–Trinajstić information content (AvgIpc) is 3.31. The van der Waals surface area contributed by atoms with Gasteiger partial charge in [-0.05, 0) is 55.8 Å². The minimum absolute atomic E-state index is 0. The molecule has 0 saturated carbocycles. The van der Waals surface area contributed by atoms with Crippen molar-refractivity contribution in [3.8, 4) is 11.3 Å². The van der Waals surface area contributed by atoms with Crippen LogP contribution in [0.3, 0.4) is 0 Å². The molecule has 0 saturated heterocycles. The van der Waals surface area contributed by atoms with Crippen molar-refractivity contribution < 1.29 is 30.0 Å². The van der Waals surface area contributed by atoms with Gasteiger partial charge in [-0.25, -0.2) is 0 Å². The van der Waals surface area contributed by atoms with Crippen molar-refractivity contribution in [3.05, 3.63) is 128 Å². The Labute approximate surface area is 226 Å². The molecule has 1 aliphatic rings. The number of benzene rings is 3. The first-order valence-electron chi connectivity index (χ1n) is 11.1. The van der Waals surface area contributed by atoms with Crippen LogP contribution in [0.1, 0.15) is 13.8 Å². The van der Waals surface area contributed by atoms with E-state index in [4.69, 9.17) is 5.11 Å². The van der Waals surface area contributed by atoms with E-state index in [1.807, 2.05) is 109 Å². The van der Waals surface area contributed by atoms with Crippen LogP contribution >= 0.6 is 0 Å². The topological polar surface area (TPSA) is 56.7 Å². The number of aliphatic hydroxyl groups is 1. The van der Waals surface area contributed by atoms with Crippen molar-refractivity contribution in [2.45, 2.75) is 13.8 Å². The summed E-state index contributed by atoms with van der Waals surface area (Å²) < 4.78 is 0. The Morgan fingerprint density at radius 3 is 2.19 bits per heavy atom. The molecule has 36 heavy (non-hydrogen) atoms. The molecule has 6 heteroatoms. The molecule has 0 aliphatic carbocycles. The van der Waals surface area contributed by atoms with Crippen LogP contribution in [0.5, 0.6) is 0 Å². The zero-order valence-corrected chi connectivity index (χ0v) is 22.8. The van der Waals surface area contributed by atoms with Crippen LogP contribution in [0.4, 0.5) is 5.69 Å². The van der Waals surface area contributed by atoms with E-state index >= 15 is 0 Å². The molecule has 0 bridgehead atoms. The second-order valence-corrected chi connectivity index (χ2v) is 7.79. The van der Waals surface area contributed by atoms with Gasteiger partial charge in [0.15, 0.2) is 5.78 Å². The van der Waals surface area contributed by atoms with E-state index in [9.17, 15) is 4.79 Å². The first-order valence-corrected chi connectivity index (χ1v) is 11.1. The molecule has 184 valence electrons. The number of aliphatic hydroxyl groups excluding tert-OH is 1. The average molecular weight is 655 g/mol. The number of rotatable bonds is 3. The molecule has 5 nitrogen and oxygen atoms in total. The Morgan fingerprint density at radius 1 is 0.944 bits per heavy atom. The summed E-state index contributed by atoms with van der Waals surface area (Å²) >= 11 is 0. The summed E-state index contributed by atoms with van der Waals surface area (Å²) in [6, 6.07) is 32.5. The van der Waals surface area contributed by atoms with E-state index in [0.717, 1.165) is 16.9 Å². The fraction of sp³-hybridized carbons (Fsp3) is 0.100. The Balaban J connectivity index is 0.000000203. The van der Waals surface area contributed by atoms with Crippen LogP contribution in [0, 0.1) is 18.8 Å². The van der Waals surface area contributed by atoms with Gasteiger partial charge >= 0.3 is 20.1 Å². The fourth-order valence-corrected chi connectivity index (χ4v) is 3.31. The van der Waals surface area contributed by atoms with Gasteiger partial charge in [-0.3, -0.25) is 4.79 Å². The van der Waals surface area contributed by atoms with Crippen LogP contribution in [0.15, 0.2) is 109 Å². The van der Waals surface area contributed by atoms with Gasteiger partial charge in [-0.15, -0.1) is 41.6 Å². The number of para-hydroxylation sites is 1. The first-order chi connectivity index (χ1) is 16.9. The molecule has 1 N–H and O–H groups in total. The number of carbonyl (C=O) groups is 1. The molecular weight excluding hydrogens is 627 g/mol. The van der Waals surface area contributed by atoms with Gasteiger partial charge in [-0.1, -0.05) is 24.3 Å². The number of hydrogen-bond acceptors (Lipinski definition) is 5. The third-order valence-corrected chi connectivity index (χ3v) is 4.79. The molecule has 0 radical (unpaired) electrons. The van der Waals surface area contributed by atoms with E-state index in [0.29, 0.717) is 0 Å². The molecule has 0 amide bonds. The molecule has 4 aromatic rings. The van der Waals surface area contributed by atoms with Crippen LogP contribution in [-0.2, 0) is 24.9 Å². The molecule has 1 aliphatic heterocycles. The predicted molar refractivity (Wildman–Crippen MR) is 142 cm³/mol. The number of carbonyl (C=O) groups excluding carboxylic acids is 1. The summed E-state index contributed by atoms with van der Waals surface area (Å²) in [5, 5.41) is 10.7. The molecule has 0 spiro atoms. The zero-order chi connectivity index (χ0) is 25.0. The van der Waals surface area contributed by atoms with E-state index in [1.54, 1.807) is 0 Å². The smallest absolute Gasteiger partial charge is 0.512 e. The van der Waals surface area contributed by atoms with Gasteiger partial charge in [0.05, 0.1) is 5.76 Å².